The highest BCUT2D eigenvalue weighted by Crippen LogP contribution is 2.34. The number of fused-ring (bicyclic) bond motifs is 2. The van der Waals surface area contributed by atoms with Gasteiger partial charge in [0.15, 0.2) is 5.16 Å². The third kappa shape index (κ3) is 3.51. The van der Waals surface area contributed by atoms with Crippen molar-refractivity contribution in [1.29, 1.82) is 0 Å². The van der Waals surface area contributed by atoms with Crippen LogP contribution in [0.25, 0.3) is 11.0 Å². The van der Waals surface area contributed by atoms with Gasteiger partial charge in [0.1, 0.15) is 0 Å². The van der Waals surface area contributed by atoms with Crippen LogP contribution in [-0.4, -0.2) is 33.2 Å². The van der Waals surface area contributed by atoms with Crippen LogP contribution < -0.4 is 0 Å². The minimum absolute atomic E-state index is 0.0342. The minimum Gasteiger partial charge on any atom is -0.338 e. The van der Waals surface area contributed by atoms with E-state index in [2.05, 4.69) is 17.1 Å². The number of thioether (sulfide) groups is 1. The summed E-state index contributed by atoms with van der Waals surface area (Å²) in [6.07, 6.45) is 2.98. The van der Waals surface area contributed by atoms with Crippen molar-refractivity contribution in [2.45, 2.75) is 37.0 Å². The zero-order chi connectivity index (χ0) is 19.7. The maximum absolute atomic E-state index is 13.5. The molecular formula is C21H21F2N3OS. The smallest absolute Gasteiger partial charge is 0.321 e. The molecule has 0 bridgehead atoms. The summed E-state index contributed by atoms with van der Waals surface area (Å²) in [6, 6.07) is 15.0. The van der Waals surface area contributed by atoms with Crippen LogP contribution in [0.2, 0.25) is 0 Å². The molecule has 146 valence electrons. The van der Waals surface area contributed by atoms with Gasteiger partial charge < -0.3 is 4.90 Å². The van der Waals surface area contributed by atoms with E-state index in [4.69, 9.17) is 0 Å². The first-order chi connectivity index (χ1) is 13.6. The Bertz CT molecular complexity index is 1000. The van der Waals surface area contributed by atoms with E-state index in [0.717, 1.165) is 35.6 Å². The molecule has 1 aliphatic carbocycles. The number of amides is 1. The molecule has 0 N–H and O–H groups in total. The monoisotopic (exact) mass is 401 g/mol. The molecule has 4 nitrogen and oxygen atoms in total. The number of hydrogen-bond donors (Lipinski definition) is 0. The molecular weight excluding hydrogens is 380 g/mol. The lowest BCUT2D eigenvalue weighted by molar-refractivity contribution is -0.129. The molecule has 7 heteroatoms. The van der Waals surface area contributed by atoms with Gasteiger partial charge in [-0.15, -0.1) is 0 Å². The van der Waals surface area contributed by atoms with Gasteiger partial charge >= 0.3 is 6.55 Å². The lowest BCUT2D eigenvalue weighted by Crippen LogP contribution is -2.34. The predicted octanol–water partition coefficient (Wildman–Crippen LogP) is 5.06. The summed E-state index contributed by atoms with van der Waals surface area (Å²) in [7, 11) is 1.80. The van der Waals surface area contributed by atoms with Crippen LogP contribution in [0, 0.1) is 0 Å². The highest BCUT2D eigenvalue weighted by Gasteiger charge is 2.27. The van der Waals surface area contributed by atoms with Crippen molar-refractivity contribution >= 4 is 28.7 Å². The Morgan fingerprint density at radius 2 is 2.00 bits per heavy atom. The zero-order valence-electron chi connectivity index (χ0n) is 15.5. The summed E-state index contributed by atoms with van der Waals surface area (Å²) in [5.41, 5.74) is 3.36. The van der Waals surface area contributed by atoms with Gasteiger partial charge in [-0.2, -0.15) is 8.78 Å². The average Bonchev–Trinajstić information content (AvgIpc) is 3.09. The van der Waals surface area contributed by atoms with Gasteiger partial charge in [-0.1, -0.05) is 48.2 Å². The lowest BCUT2D eigenvalue weighted by atomic mass is 9.87. The number of nitrogens with zero attached hydrogens (tertiary/aromatic N) is 3. The molecule has 1 amide bonds. The molecule has 0 spiro atoms. The molecule has 1 heterocycles. The molecule has 0 radical (unpaired) electrons. The molecule has 3 aromatic rings. The Hall–Kier alpha value is -2.41. The van der Waals surface area contributed by atoms with Crippen molar-refractivity contribution in [3.8, 4) is 0 Å². The van der Waals surface area contributed by atoms with E-state index in [1.54, 1.807) is 36.2 Å². The number of halogens is 2. The van der Waals surface area contributed by atoms with Crippen LogP contribution in [0.15, 0.2) is 53.7 Å². The standard InChI is InChI=1S/C21H21F2N3OS/c1-25(17-12-6-8-14-7-2-3-9-15(14)17)19(27)13-28-21-24-16-10-4-5-11-18(16)26(21)20(22)23/h2-5,7,9-11,17,20H,6,8,12-13H2,1H3. The normalized spacial score (nSPS) is 16.4. The fourth-order valence-corrected chi connectivity index (χ4v) is 4.78. The van der Waals surface area contributed by atoms with Gasteiger partial charge in [0.25, 0.3) is 0 Å². The fraction of sp³-hybridized carbons (Fsp3) is 0.333. The molecule has 0 saturated heterocycles. The maximum atomic E-state index is 13.5. The van der Waals surface area contributed by atoms with Crippen molar-refractivity contribution in [3.63, 3.8) is 0 Å². The number of aryl methyl sites for hydroxylation is 1. The van der Waals surface area contributed by atoms with Crippen LogP contribution in [-0.2, 0) is 11.2 Å². The summed E-state index contributed by atoms with van der Waals surface area (Å²) >= 11 is 1.06. The number of alkyl halides is 2. The number of para-hydroxylation sites is 2. The van der Waals surface area contributed by atoms with Gasteiger partial charge in [0.05, 0.1) is 22.8 Å². The zero-order valence-corrected chi connectivity index (χ0v) is 16.3. The van der Waals surface area contributed by atoms with Crippen LogP contribution >= 0.6 is 11.8 Å². The van der Waals surface area contributed by atoms with Gasteiger partial charge in [-0.25, -0.2) is 4.98 Å². The Morgan fingerprint density at radius 3 is 2.82 bits per heavy atom. The summed E-state index contributed by atoms with van der Waals surface area (Å²) in [5, 5.41) is 0.169. The van der Waals surface area contributed by atoms with Gasteiger partial charge in [0.2, 0.25) is 5.91 Å². The van der Waals surface area contributed by atoms with Crippen LogP contribution in [0.3, 0.4) is 0 Å². The van der Waals surface area contributed by atoms with Crippen molar-refractivity contribution in [3.05, 3.63) is 59.7 Å². The Balaban J connectivity index is 1.51. The van der Waals surface area contributed by atoms with E-state index in [1.807, 2.05) is 12.1 Å². The van der Waals surface area contributed by atoms with Gasteiger partial charge in [-0.3, -0.25) is 9.36 Å². The molecule has 0 aliphatic heterocycles. The summed E-state index contributed by atoms with van der Waals surface area (Å²) in [6.45, 7) is -2.70. The van der Waals surface area contributed by atoms with Gasteiger partial charge in [0, 0.05) is 7.05 Å². The topological polar surface area (TPSA) is 38.1 Å². The number of rotatable bonds is 5. The van der Waals surface area contributed by atoms with Gasteiger partial charge in [-0.05, 0) is 42.5 Å². The van der Waals surface area contributed by atoms with Crippen LogP contribution in [0.5, 0.6) is 0 Å². The predicted molar refractivity (Wildman–Crippen MR) is 107 cm³/mol. The molecule has 28 heavy (non-hydrogen) atoms. The second kappa shape index (κ2) is 7.91. The number of aromatic nitrogens is 2. The fourth-order valence-electron chi connectivity index (χ4n) is 3.85. The Labute approximate surface area is 166 Å². The number of carbonyl (C=O) groups is 1. The van der Waals surface area contributed by atoms with E-state index in [9.17, 15) is 13.6 Å². The minimum atomic E-state index is -2.70. The lowest BCUT2D eigenvalue weighted by Gasteiger charge is -2.33. The second-order valence-electron chi connectivity index (χ2n) is 6.93. The third-order valence-corrected chi connectivity index (χ3v) is 6.22. The van der Waals surface area contributed by atoms with Crippen LogP contribution in [0.1, 0.15) is 36.6 Å². The van der Waals surface area contributed by atoms with E-state index in [-0.39, 0.29) is 22.9 Å². The average molecular weight is 401 g/mol. The number of hydrogen-bond acceptors (Lipinski definition) is 3. The summed E-state index contributed by atoms with van der Waals surface area (Å²) in [4.78, 5) is 18.8. The van der Waals surface area contributed by atoms with Crippen molar-refractivity contribution in [2.24, 2.45) is 0 Å². The molecule has 1 aromatic heterocycles. The van der Waals surface area contributed by atoms with E-state index >= 15 is 0 Å². The molecule has 0 saturated carbocycles. The molecule has 0 fully saturated rings. The van der Waals surface area contributed by atoms with E-state index in [0.29, 0.717) is 11.0 Å². The second-order valence-corrected chi connectivity index (χ2v) is 7.87. The largest absolute Gasteiger partial charge is 0.338 e. The Morgan fingerprint density at radius 1 is 1.25 bits per heavy atom. The first-order valence-electron chi connectivity index (χ1n) is 9.27. The molecule has 4 rings (SSSR count). The number of carbonyl (C=O) groups excluding carboxylic acids is 1. The molecule has 1 unspecified atom stereocenters. The van der Waals surface area contributed by atoms with E-state index in [1.165, 1.54) is 11.1 Å². The van der Waals surface area contributed by atoms with Crippen molar-refractivity contribution in [1.82, 2.24) is 14.5 Å². The molecule has 2 aromatic carbocycles. The molecule has 1 atom stereocenters. The summed E-state index contributed by atoms with van der Waals surface area (Å²) < 4.78 is 28.0. The first-order valence-corrected chi connectivity index (χ1v) is 10.3. The number of imidazole rings is 1. The Kier molecular flexibility index (Phi) is 5.35. The SMILES string of the molecule is CN(C(=O)CSc1nc2ccccc2n1C(F)F)C1CCCc2ccccc21. The van der Waals surface area contributed by atoms with Crippen molar-refractivity contribution < 1.29 is 13.6 Å². The number of benzene rings is 2. The molecule has 1 aliphatic rings. The van der Waals surface area contributed by atoms with Crippen molar-refractivity contribution in [2.75, 3.05) is 12.8 Å². The maximum Gasteiger partial charge on any atom is 0.321 e. The highest BCUT2D eigenvalue weighted by atomic mass is 32.2. The third-order valence-electron chi connectivity index (χ3n) is 5.28. The quantitative estimate of drug-likeness (QED) is 0.561. The highest BCUT2D eigenvalue weighted by molar-refractivity contribution is 7.99. The van der Waals surface area contributed by atoms with Crippen LogP contribution in [0.4, 0.5) is 8.78 Å². The first kappa shape index (κ1) is 18.9. The van der Waals surface area contributed by atoms with E-state index < -0.39 is 6.55 Å². The summed E-state index contributed by atoms with van der Waals surface area (Å²) in [5.74, 6) is -0.00911.